The number of nitrogens with zero attached hydrogens (tertiary/aromatic N) is 1. The first kappa shape index (κ1) is 21.3. The summed E-state index contributed by atoms with van der Waals surface area (Å²) in [5, 5.41) is 3.41. The second kappa shape index (κ2) is 9.12. The topological polar surface area (TPSA) is 60.0 Å². The smallest absolute Gasteiger partial charge is 0.234 e. The van der Waals surface area contributed by atoms with E-state index >= 15 is 0 Å². The number of carbonyl (C=O) groups is 1. The van der Waals surface area contributed by atoms with E-state index in [4.69, 9.17) is 14.2 Å². The molecule has 1 saturated carbocycles. The van der Waals surface area contributed by atoms with E-state index in [1.165, 1.54) is 0 Å². The lowest BCUT2D eigenvalue weighted by Crippen LogP contribution is -2.51. The molecule has 1 aliphatic carbocycles. The van der Waals surface area contributed by atoms with Crippen LogP contribution in [0, 0.1) is 0 Å². The number of nitrogens with one attached hydrogen (secondary N) is 1. The zero-order valence-electron chi connectivity index (χ0n) is 18.7. The van der Waals surface area contributed by atoms with Crippen molar-refractivity contribution in [2.24, 2.45) is 0 Å². The fourth-order valence-electron chi connectivity index (χ4n) is 5.33. The summed E-state index contributed by atoms with van der Waals surface area (Å²) in [7, 11) is 0. The molecule has 0 aromatic heterocycles. The highest BCUT2D eigenvalue weighted by Crippen LogP contribution is 2.42. The number of fused-ring (bicyclic) bond motifs is 1. The molecule has 5 rings (SSSR count). The molecule has 2 unspecified atom stereocenters. The van der Waals surface area contributed by atoms with Crippen LogP contribution in [0.2, 0.25) is 0 Å². The molecule has 1 N–H and O–H groups in total. The molecule has 2 fully saturated rings. The van der Waals surface area contributed by atoms with E-state index in [1.54, 1.807) is 0 Å². The van der Waals surface area contributed by atoms with Gasteiger partial charge in [-0.15, -0.1) is 0 Å². The minimum absolute atomic E-state index is 0.00835. The molecule has 2 aromatic carbocycles. The van der Waals surface area contributed by atoms with Gasteiger partial charge in [-0.3, -0.25) is 9.69 Å². The Morgan fingerprint density at radius 1 is 1.03 bits per heavy atom. The monoisotopic (exact) mass is 436 g/mol. The van der Waals surface area contributed by atoms with Gasteiger partial charge in [0, 0.05) is 13.1 Å². The van der Waals surface area contributed by atoms with Crippen molar-refractivity contribution < 1.29 is 19.0 Å². The Balaban J connectivity index is 1.28. The van der Waals surface area contributed by atoms with Crippen LogP contribution in [0.15, 0.2) is 48.5 Å². The van der Waals surface area contributed by atoms with E-state index in [0.29, 0.717) is 19.8 Å². The Bertz CT molecular complexity index is 942. The van der Waals surface area contributed by atoms with E-state index < -0.39 is 0 Å². The van der Waals surface area contributed by atoms with Gasteiger partial charge in [-0.1, -0.05) is 49.2 Å². The van der Waals surface area contributed by atoms with Crippen LogP contribution in [-0.2, 0) is 15.1 Å². The maximum absolute atomic E-state index is 13.2. The van der Waals surface area contributed by atoms with E-state index in [2.05, 4.69) is 41.4 Å². The number of benzene rings is 2. The second-order valence-corrected chi connectivity index (χ2v) is 9.24. The van der Waals surface area contributed by atoms with Gasteiger partial charge in [0.25, 0.3) is 0 Å². The molecule has 2 aromatic rings. The van der Waals surface area contributed by atoms with Gasteiger partial charge in [0.05, 0.1) is 24.3 Å². The lowest BCUT2D eigenvalue weighted by molar-refractivity contribution is -0.128. The summed E-state index contributed by atoms with van der Waals surface area (Å²) in [5.74, 6) is 1.64. The number of carbonyl (C=O) groups excluding carboxylic acids is 1. The Hall–Kier alpha value is -2.57. The van der Waals surface area contributed by atoms with Crippen molar-refractivity contribution in [2.75, 3.05) is 32.8 Å². The highest BCUT2D eigenvalue weighted by Gasteiger charge is 2.38. The Labute approximate surface area is 189 Å². The van der Waals surface area contributed by atoms with Gasteiger partial charge in [0.15, 0.2) is 11.5 Å². The van der Waals surface area contributed by atoms with E-state index in [1.807, 2.05) is 24.3 Å². The number of amides is 1. The van der Waals surface area contributed by atoms with Crippen molar-refractivity contribution in [2.45, 2.75) is 50.4 Å². The molecule has 0 spiro atoms. The molecule has 0 radical (unpaired) electrons. The first-order valence-corrected chi connectivity index (χ1v) is 11.8. The molecule has 2 heterocycles. The van der Waals surface area contributed by atoms with Crippen molar-refractivity contribution in [3.63, 3.8) is 0 Å². The zero-order valence-corrected chi connectivity index (χ0v) is 18.7. The van der Waals surface area contributed by atoms with Gasteiger partial charge in [0.1, 0.15) is 13.2 Å². The molecule has 170 valence electrons. The summed E-state index contributed by atoms with van der Waals surface area (Å²) in [4.78, 5) is 15.5. The summed E-state index contributed by atoms with van der Waals surface area (Å²) in [6.45, 7) is 5.08. The summed E-state index contributed by atoms with van der Waals surface area (Å²) in [6.07, 6.45) is 4.19. The maximum atomic E-state index is 13.2. The molecule has 3 aliphatic rings. The summed E-state index contributed by atoms with van der Waals surface area (Å²) in [6, 6.07) is 16.4. The molecule has 1 saturated heterocycles. The van der Waals surface area contributed by atoms with Gasteiger partial charge in [0.2, 0.25) is 5.91 Å². The molecule has 2 atom stereocenters. The van der Waals surface area contributed by atoms with Gasteiger partial charge in [-0.2, -0.15) is 0 Å². The molecule has 2 aliphatic heterocycles. The van der Waals surface area contributed by atoms with Crippen LogP contribution in [0.3, 0.4) is 0 Å². The lowest BCUT2D eigenvalue weighted by atomic mass is 9.87. The molecular weight excluding hydrogens is 404 g/mol. The second-order valence-electron chi connectivity index (χ2n) is 9.24. The molecule has 32 heavy (non-hydrogen) atoms. The first-order valence-electron chi connectivity index (χ1n) is 11.8. The van der Waals surface area contributed by atoms with E-state index in [-0.39, 0.29) is 23.7 Å². The van der Waals surface area contributed by atoms with Gasteiger partial charge >= 0.3 is 0 Å². The average Bonchev–Trinajstić information content (AvgIpc) is 3.28. The average molecular weight is 437 g/mol. The maximum Gasteiger partial charge on any atom is 0.234 e. The standard InChI is InChI=1S/C26H32N2O4/c1-19-16-28(17-24(32-19)20-7-3-2-4-8-20)18-25(29)27-26(11-5-6-12-26)21-9-10-22-23(15-21)31-14-13-30-22/h2-4,7-10,15,19,24H,5-6,11-14,16-18H2,1H3,(H,27,29). The Morgan fingerprint density at radius 2 is 1.78 bits per heavy atom. The largest absolute Gasteiger partial charge is 0.486 e. The number of ether oxygens (including phenoxy) is 3. The third-order valence-corrected chi connectivity index (χ3v) is 6.81. The minimum Gasteiger partial charge on any atom is -0.486 e. The number of hydrogen-bond acceptors (Lipinski definition) is 5. The quantitative estimate of drug-likeness (QED) is 0.773. The van der Waals surface area contributed by atoms with Crippen LogP contribution < -0.4 is 14.8 Å². The molecular formula is C26H32N2O4. The predicted molar refractivity (Wildman–Crippen MR) is 122 cm³/mol. The van der Waals surface area contributed by atoms with Gasteiger partial charge < -0.3 is 19.5 Å². The predicted octanol–water partition coefficient (Wildman–Crippen LogP) is 3.81. The molecule has 0 bridgehead atoms. The number of rotatable bonds is 5. The van der Waals surface area contributed by atoms with Crippen LogP contribution in [0.25, 0.3) is 0 Å². The number of morpholine rings is 1. The van der Waals surface area contributed by atoms with Gasteiger partial charge in [-0.05, 0) is 43.0 Å². The van der Waals surface area contributed by atoms with Crippen molar-refractivity contribution in [1.82, 2.24) is 10.2 Å². The number of hydrogen-bond donors (Lipinski definition) is 1. The highest BCUT2D eigenvalue weighted by molar-refractivity contribution is 5.79. The van der Waals surface area contributed by atoms with Crippen LogP contribution in [0.4, 0.5) is 0 Å². The summed E-state index contributed by atoms with van der Waals surface area (Å²) >= 11 is 0. The fraction of sp³-hybridized carbons (Fsp3) is 0.500. The lowest BCUT2D eigenvalue weighted by Gasteiger charge is -2.38. The van der Waals surface area contributed by atoms with Gasteiger partial charge in [-0.25, -0.2) is 0 Å². The third kappa shape index (κ3) is 4.48. The van der Waals surface area contributed by atoms with E-state index in [0.717, 1.165) is 61.4 Å². The zero-order chi connectivity index (χ0) is 22.0. The summed E-state index contributed by atoms with van der Waals surface area (Å²) < 4.78 is 17.6. The fourth-order valence-corrected chi connectivity index (χ4v) is 5.33. The van der Waals surface area contributed by atoms with Crippen LogP contribution in [0.5, 0.6) is 11.5 Å². The Morgan fingerprint density at radius 3 is 2.56 bits per heavy atom. The molecule has 6 nitrogen and oxygen atoms in total. The van der Waals surface area contributed by atoms with Crippen molar-refractivity contribution >= 4 is 5.91 Å². The van der Waals surface area contributed by atoms with Crippen LogP contribution >= 0.6 is 0 Å². The van der Waals surface area contributed by atoms with Crippen LogP contribution in [-0.4, -0.2) is 49.8 Å². The molecule has 6 heteroatoms. The SMILES string of the molecule is CC1CN(CC(=O)NC2(c3ccc4c(c3)OCCO4)CCCC2)CC(c2ccccc2)O1. The summed E-state index contributed by atoms with van der Waals surface area (Å²) in [5.41, 5.74) is 1.95. The van der Waals surface area contributed by atoms with Crippen LogP contribution in [0.1, 0.15) is 49.8 Å². The van der Waals surface area contributed by atoms with Crippen molar-refractivity contribution in [1.29, 1.82) is 0 Å². The molecule has 1 amide bonds. The van der Waals surface area contributed by atoms with Crippen molar-refractivity contribution in [3.8, 4) is 11.5 Å². The highest BCUT2D eigenvalue weighted by atomic mass is 16.6. The normalized spacial score (nSPS) is 24.8. The third-order valence-electron chi connectivity index (χ3n) is 6.81. The Kier molecular flexibility index (Phi) is 6.07. The first-order chi connectivity index (χ1) is 15.6. The minimum atomic E-state index is -0.330. The van der Waals surface area contributed by atoms with E-state index in [9.17, 15) is 4.79 Å². The van der Waals surface area contributed by atoms with Crippen molar-refractivity contribution in [3.05, 3.63) is 59.7 Å².